The number of aryl methyl sites for hydroxylation is 2. The van der Waals surface area contributed by atoms with Gasteiger partial charge in [0.05, 0.1) is 5.69 Å². The van der Waals surface area contributed by atoms with Crippen molar-refractivity contribution >= 4 is 0 Å². The smallest absolute Gasteiger partial charge is 0.0662 e. The highest BCUT2D eigenvalue weighted by molar-refractivity contribution is 5.35. The summed E-state index contributed by atoms with van der Waals surface area (Å²) in [5.74, 6) is 1.33. The minimum absolute atomic E-state index is 0.169. The lowest BCUT2D eigenvalue weighted by atomic mass is 9.82. The summed E-state index contributed by atoms with van der Waals surface area (Å²) in [6.07, 6.45) is 4.68. The summed E-state index contributed by atoms with van der Waals surface area (Å²) in [6.45, 7) is 16.7. The summed E-state index contributed by atoms with van der Waals surface area (Å²) in [6, 6.07) is 0. The number of ether oxygens (including phenoxy) is 1. The Morgan fingerprint density at radius 2 is 1.86 bits per heavy atom. The summed E-state index contributed by atoms with van der Waals surface area (Å²) in [5.41, 5.74) is 4.40. The Morgan fingerprint density at radius 3 is 2.36 bits per heavy atom. The van der Waals surface area contributed by atoms with Crippen LogP contribution in [0.15, 0.2) is 0 Å². The monoisotopic (exact) mass is 306 g/mol. The van der Waals surface area contributed by atoms with Crippen LogP contribution in [0.1, 0.15) is 83.7 Å². The zero-order valence-corrected chi connectivity index (χ0v) is 15.4. The molecule has 1 aromatic heterocycles. The van der Waals surface area contributed by atoms with E-state index in [1.807, 2.05) is 0 Å². The van der Waals surface area contributed by atoms with E-state index in [1.165, 1.54) is 36.2 Å². The van der Waals surface area contributed by atoms with E-state index >= 15 is 0 Å². The van der Waals surface area contributed by atoms with E-state index in [0.29, 0.717) is 5.92 Å². The molecule has 2 heterocycles. The summed E-state index contributed by atoms with van der Waals surface area (Å²) < 4.78 is 7.80. The molecule has 1 fully saturated rings. The van der Waals surface area contributed by atoms with E-state index in [-0.39, 0.29) is 5.41 Å². The molecule has 0 bridgehead atoms. The molecule has 3 heteroatoms. The molecular weight excluding hydrogens is 272 g/mol. The molecule has 3 nitrogen and oxygen atoms in total. The Labute approximate surface area is 136 Å². The molecule has 0 aromatic carbocycles. The van der Waals surface area contributed by atoms with Gasteiger partial charge in [0.25, 0.3) is 0 Å². The lowest BCUT2D eigenvalue weighted by molar-refractivity contribution is 0.0622. The van der Waals surface area contributed by atoms with Gasteiger partial charge < -0.3 is 4.74 Å². The topological polar surface area (TPSA) is 27.1 Å². The highest BCUT2D eigenvalue weighted by Crippen LogP contribution is 2.34. The van der Waals surface area contributed by atoms with Gasteiger partial charge in [-0.2, -0.15) is 5.10 Å². The van der Waals surface area contributed by atoms with E-state index in [1.54, 1.807) is 0 Å². The van der Waals surface area contributed by atoms with Crippen LogP contribution in [0.4, 0.5) is 0 Å². The van der Waals surface area contributed by atoms with E-state index in [4.69, 9.17) is 9.84 Å². The van der Waals surface area contributed by atoms with Gasteiger partial charge in [0.15, 0.2) is 0 Å². The number of nitrogens with zero attached hydrogens (tertiary/aromatic N) is 2. The second-order valence-electron chi connectivity index (χ2n) is 8.03. The van der Waals surface area contributed by atoms with Crippen molar-refractivity contribution in [2.24, 2.45) is 5.92 Å². The molecule has 1 aliphatic heterocycles. The molecule has 0 atom stereocenters. The number of hydrogen-bond donors (Lipinski definition) is 0. The minimum atomic E-state index is 0.169. The summed E-state index contributed by atoms with van der Waals surface area (Å²) in [5, 5.41) is 4.99. The van der Waals surface area contributed by atoms with Crippen molar-refractivity contribution in [1.82, 2.24) is 9.78 Å². The van der Waals surface area contributed by atoms with Crippen LogP contribution in [0.3, 0.4) is 0 Å². The van der Waals surface area contributed by atoms with Crippen LogP contribution in [-0.2, 0) is 23.1 Å². The molecule has 1 saturated heterocycles. The normalized spacial score (nSPS) is 17.4. The average Bonchev–Trinajstić information content (AvgIpc) is 2.85. The van der Waals surface area contributed by atoms with Crippen LogP contribution in [0.5, 0.6) is 0 Å². The van der Waals surface area contributed by atoms with Gasteiger partial charge in [0, 0.05) is 31.0 Å². The van der Waals surface area contributed by atoms with Crippen molar-refractivity contribution in [2.75, 3.05) is 13.2 Å². The second-order valence-corrected chi connectivity index (χ2v) is 8.03. The molecule has 0 aliphatic carbocycles. The van der Waals surface area contributed by atoms with Crippen molar-refractivity contribution in [1.29, 1.82) is 0 Å². The number of hydrogen-bond acceptors (Lipinski definition) is 2. The van der Waals surface area contributed by atoms with Gasteiger partial charge in [-0.05, 0) is 42.9 Å². The highest BCUT2D eigenvalue weighted by atomic mass is 16.5. The molecule has 0 amide bonds. The number of aromatic nitrogens is 2. The van der Waals surface area contributed by atoms with Crippen LogP contribution in [0, 0.1) is 5.92 Å². The predicted octanol–water partition coefficient (Wildman–Crippen LogP) is 4.68. The lowest BCUT2D eigenvalue weighted by Gasteiger charge is -2.24. The summed E-state index contributed by atoms with van der Waals surface area (Å²) in [4.78, 5) is 0. The maximum Gasteiger partial charge on any atom is 0.0662 e. The van der Waals surface area contributed by atoms with E-state index in [9.17, 15) is 0 Å². The molecule has 0 radical (unpaired) electrons. The first-order chi connectivity index (χ1) is 10.3. The zero-order chi connectivity index (χ0) is 16.3. The van der Waals surface area contributed by atoms with Gasteiger partial charge in [-0.3, -0.25) is 4.68 Å². The molecule has 0 spiro atoms. The molecule has 0 saturated carbocycles. The molecule has 0 unspecified atom stereocenters. The van der Waals surface area contributed by atoms with Gasteiger partial charge in [0.2, 0.25) is 0 Å². The third-order valence-electron chi connectivity index (χ3n) is 4.79. The number of rotatable bonds is 5. The lowest BCUT2D eigenvalue weighted by Crippen LogP contribution is -2.20. The van der Waals surface area contributed by atoms with Crippen molar-refractivity contribution in [3.05, 3.63) is 17.0 Å². The van der Waals surface area contributed by atoms with Gasteiger partial charge in [-0.15, -0.1) is 0 Å². The molecule has 0 N–H and O–H groups in total. The van der Waals surface area contributed by atoms with Crippen molar-refractivity contribution in [3.8, 4) is 0 Å². The molecule has 1 aromatic rings. The van der Waals surface area contributed by atoms with E-state index < -0.39 is 0 Å². The van der Waals surface area contributed by atoms with Crippen molar-refractivity contribution < 1.29 is 4.74 Å². The third kappa shape index (κ3) is 3.92. The van der Waals surface area contributed by atoms with Gasteiger partial charge >= 0.3 is 0 Å². The average molecular weight is 306 g/mol. The van der Waals surface area contributed by atoms with Crippen molar-refractivity contribution in [2.45, 2.75) is 85.1 Å². The zero-order valence-electron chi connectivity index (χ0n) is 15.4. The Kier molecular flexibility index (Phi) is 5.70. The third-order valence-corrected chi connectivity index (χ3v) is 4.79. The maximum atomic E-state index is 5.48. The fourth-order valence-electron chi connectivity index (χ4n) is 3.69. The quantitative estimate of drug-likeness (QED) is 0.789. The van der Waals surface area contributed by atoms with Crippen LogP contribution < -0.4 is 0 Å². The Bertz CT molecular complexity index is 476. The Balaban J connectivity index is 2.24. The Hall–Kier alpha value is -0.830. The fourth-order valence-corrected chi connectivity index (χ4v) is 3.69. The largest absolute Gasteiger partial charge is 0.381 e. The van der Waals surface area contributed by atoms with Crippen LogP contribution in [0.25, 0.3) is 0 Å². The minimum Gasteiger partial charge on any atom is -0.381 e. The fraction of sp³-hybridized carbons (Fsp3) is 0.842. The SMILES string of the molecule is CCc1nn(CCC2CCOCC2)c(C(C)C)c1C(C)(C)C. The van der Waals surface area contributed by atoms with E-state index in [0.717, 1.165) is 32.1 Å². The molecule has 1 aliphatic rings. The first-order valence-electron chi connectivity index (χ1n) is 9.02. The molecule has 22 heavy (non-hydrogen) atoms. The predicted molar refractivity (Wildman–Crippen MR) is 92.6 cm³/mol. The summed E-state index contributed by atoms with van der Waals surface area (Å²) >= 11 is 0. The molecule has 126 valence electrons. The maximum absolute atomic E-state index is 5.48. The van der Waals surface area contributed by atoms with Crippen molar-refractivity contribution in [3.63, 3.8) is 0 Å². The van der Waals surface area contributed by atoms with Gasteiger partial charge in [0.1, 0.15) is 0 Å². The first kappa shape index (κ1) is 17.5. The van der Waals surface area contributed by atoms with Crippen LogP contribution in [0.2, 0.25) is 0 Å². The summed E-state index contributed by atoms with van der Waals surface area (Å²) in [7, 11) is 0. The molecule has 2 rings (SSSR count). The second kappa shape index (κ2) is 7.16. The van der Waals surface area contributed by atoms with Gasteiger partial charge in [-0.1, -0.05) is 41.5 Å². The molecular formula is C19H34N2O. The van der Waals surface area contributed by atoms with Gasteiger partial charge in [-0.25, -0.2) is 0 Å². The Morgan fingerprint density at radius 1 is 1.23 bits per heavy atom. The van der Waals surface area contributed by atoms with Crippen LogP contribution in [-0.4, -0.2) is 23.0 Å². The standard InChI is InChI=1S/C19H34N2O/c1-7-16-17(19(4,5)6)18(14(2)3)21(20-16)11-8-15-9-12-22-13-10-15/h14-15H,7-13H2,1-6H3. The van der Waals surface area contributed by atoms with E-state index in [2.05, 4.69) is 46.2 Å². The first-order valence-corrected chi connectivity index (χ1v) is 9.02. The highest BCUT2D eigenvalue weighted by Gasteiger charge is 2.28. The van der Waals surface area contributed by atoms with Crippen LogP contribution >= 0.6 is 0 Å².